The minimum absolute atomic E-state index is 0.137. The van der Waals surface area contributed by atoms with Crippen molar-refractivity contribution in [3.63, 3.8) is 0 Å². The van der Waals surface area contributed by atoms with Gasteiger partial charge in [-0.15, -0.1) is 0 Å². The number of ether oxygens (including phenoxy) is 1. The standard InChI is InChI=1S/C13H26N2O2/c1-10(2)6-14-12-5-11(3)7-15(8-12)9-13(16)17-4/h10-12,14H,5-9H2,1-4H3. The first-order valence-electron chi connectivity index (χ1n) is 6.53. The van der Waals surface area contributed by atoms with Crippen LogP contribution >= 0.6 is 0 Å². The zero-order valence-corrected chi connectivity index (χ0v) is 11.5. The van der Waals surface area contributed by atoms with E-state index in [9.17, 15) is 4.79 Å². The smallest absolute Gasteiger partial charge is 0.319 e. The van der Waals surface area contributed by atoms with Crippen molar-refractivity contribution >= 4 is 5.97 Å². The van der Waals surface area contributed by atoms with Crippen molar-refractivity contribution in [1.82, 2.24) is 10.2 Å². The molecule has 4 heteroatoms. The van der Waals surface area contributed by atoms with Crippen molar-refractivity contribution in [3.05, 3.63) is 0 Å². The Bertz CT molecular complexity index is 244. The van der Waals surface area contributed by atoms with Crippen molar-refractivity contribution in [1.29, 1.82) is 0 Å². The van der Waals surface area contributed by atoms with E-state index in [0.717, 1.165) is 19.6 Å². The van der Waals surface area contributed by atoms with Crippen LogP contribution in [-0.2, 0) is 9.53 Å². The molecular weight excluding hydrogens is 216 g/mol. The van der Waals surface area contributed by atoms with E-state index in [0.29, 0.717) is 24.4 Å². The number of methoxy groups -OCH3 is 1. The maximum absolute atomic E-state index is 11.3. The maximum atomic E-state index is 11.3. The average Bonchev–Trinajstić information content (AvgIpc) is 2.25. The second-order valence-electron chi connectivity index (χ2n) is 5.61. The summed E-state index contributed by atoms with van der Waals surface area (Å²) in [6, 6.07) is 0.505. The first-order chi connectivity index (χ1) is 8.01. The SMILES string of the molecule is COC(=O)CN1CC(C)CC(NCC(C)C)C1. The highest BCUT2D eigenvalue weighted by Crippen LogP contribution is 2.16. The predicted octanol–water partition coefficient (Wildman–Crippen LogP) is 1.12. The molecule has 1 aliphatic heterocycles. The molecule has 100 valence electrons. The van der Waals surface area contributed by atoms with Crippen LogP contribution in [0.1, 0.15) is 27.2 Å². The van der Waals surface area contributed by atoms with Crippen LogP contribution in [-0.4, -0.2) is 50.2 Å². The fourth-order valence-electron chi connectivity index (χ4n) is 2.39. The van der Waals surface area contributed by atoms with Gasteiger partial charge in [0.2, 0.25) is 0 Å². The molecule has 1 saturated heterocycles. The molecular formula is C13H26N2O2. The summed E-state index contributed by atoms with van der Waals surface area (Å²) in [5.74, 6) is 1.17. The minimum atomic E-state index is -0.137. The number of nitrogens with one attached hydrogen (secondary N) is 1. The lowest BCUT2D eigenvalue weighted by Crippen LogP contribution is -2.50. The Kier molecular flexibility index (Phi) is 5.92. The molecule has 2 unspecified atom stereocenters. The van der Waals surface area contributed by atoms with Crippen LogP contribution in [0, 0.1) is 11.8 Å². The van der Waals surface area contributed by atoms with E-state index in [1.165, 1.54) is 13.5 Å². The summed E-state index contributed by atoms with van der Waals surface area (Å²) in [5, 5.41) is 3.58. The molecule has 0 radical (unpaired) electrons. The van der Waals surface area contributed by atoms with Crippen LogP contribution in [0.4, 0.5) is 0 Å². The fraction of sp³-hybridized carbons (Fsp3) is 0.923. The number of nitrogens with zero attached hydrogens (tertiary/aromatic N) is 1. The Morgan fingerprint density at radius 2 is 2.18 bits per heavy atom. The number of likely N-dealkylation sites (tertiary alicyclic amines) is 1. The molecule has 0 spiro atoms. The van der Waals surface area contributed by atoms with Crippen molar-refractivity contribution < 1.29 is 9.53 Å². The third-order valence-electron chi connectivity index (χ3n) is 3.13. The van der Waals surface area contributed by atoms with Gasteiger partial charge in [-0.25, -0.2) is 0 Å². The molecule has 1 fully saturated rings. The molecule has 1 N–H and O–H groups in total. The third kappa shape index (κ3) is 5.50. The number of carbonyl (C=O) groups excluding carboxylic acids is 1. The monoisotopic (exact) mass is 242 g/mol. The maximum Gasteiger partial charge on any atom is 0.319 e. The van der Waals surface area contributed by atoms with Gasteiger partial charge >= 0.3 is 5.97 Å². The van der Waals surface area contributed by atoms with Gasteiger partial charge in [0, 0.05) is 19.1 Å². The molecule has 0 aliphatic carbocycles. The summed E-state index contributed by atoms with van der Waals surface area (Å²) in [7, 11) is 1.45. The Hall–Kier alpha value is -0.610. The van der Waals surface area contributed by atoms with Crippen LogP contribution in [0.5, 0.6) is 0 Å². The van der Waals surface area contributed by atoms with E-state index in [4.69, 9.17) is 4.74 Å². The van der Waals surface area contributed by atoms with Crippen LogP contribution in [0.2, 0.25) is 0 Å². The summed E-state index contributed by atoms with van der Waals surface area (Å²) >= 11 is 0. The second kappa shape index (κ2) is 6.97. The largest absolute Gasteiger partial charge is 0.468 e. The van der Waals surface area contributed by atoms with Crippen LogP contribution < -0.4 is 5.32 Å². The molecule has 0 amide bonds. The van der Waals surface area contributed by atoms with E-state index < -0.39 is 0 Å². The predicted molar refractivity (Wildman–Crippen MR) is 68.9 cm³/mol. The summed E-state index contributed by atoms with van der Waals surface area (Å²) in [6.07, 6.45) is 1.20. The van der Waals surface area contributed by atoms with Crippen LogP contribution in [0.25, 0.3) is 0 Å². The molecule has 17 heavy (non-hydrogen) atoms. The van der Waals surface area contributed by atoms with Gasteiger partial charge in [0.25, 0.3) is 0 Å². The molecule has 0 aromatic carbocycles. The van der Waals surface area contributed by atoms with E-state index in [1.54, 1.807) is 0 Å². The number of carbonyl (C=O) groups is 1. The van der Waals surface area contributed by atoms with Gasteiger partial charge in [-0.3, -0.25) is 9.69 Å². The Morgan fingerprint density at radius 1 is 1.47 bits per heavy atom. The summed E-state index contributed by atoms with van der Waals surface area (Å²) in [5.41, 5.74) is 0. The van der Waals surface area contributed by atoms with Gasteiger partial charge in [-0.05, 0) is 24.8 Å². The fourth-order valence-corrected chi connectivity index (χ4v) is 2.39. The summed E-state index contributed by atoms with van der Waals surface area (Å²) in [6.45, 7) is 10.1. The Labute approximate surface area is 105 Å². The third-order valence-corrected chi connectivity index (χ3v) is 3.13. The van der Waals surface area contributed by atoms with Gasteiger partial charge in [0.15, 0.2) is 0 Å². The number of esters is 1. The van der Waals surface area contributed by atoms with Gasteiger partial charge in [0.05, 0.1) is 13.7 Å². The topological polar surface area (TPSA) is 41.6 Å². The van der Waals surface area contributed by atoms with E-state index in [2.05, 4.69) is 31.0 Å². The molecule has 0 aromatic rings. The second-order valence-corrected chi connectivity index (χ2v) is 5.61. The molecule has 0 saturated carbocycles. The van der Waals surface area contributed by atoms with E-state index in [-0.39, 0.29) is 5.97 Å². The zero-order chi connectivity index (χ0) is 12.8. The van der Waals surface area contributed by atoms with Crippen LogP contribution in [0.15, 0.2) is 0 Å². The molecule has 1 heterocycles. The lowest BCUT2D eigenvalue weighted by atomic mass is 9.95. The van der Waals surface area contributed by atoms with E-state index in [1.807, 2.05) is 0 Å². The van der Waals surface area contributed by atoms with Gasteiger partial charge in [-0.1, -0.05) is 20.8 Å². The highest BCUT2D eigenvalue weighted by Gasteiger charge is 2.25. The normalized spacial score (nSPS) is 26.2. The van der Waals surface area contributed by atoms with Crippen LogP contribution in [0.3, 0.4) is 0 Å². The number of piperidine rings is 1. The number of hydrogen-bond donors (Lipinski definition) is 1. The molecule has 1 rings (SSSR count). The Balaban J connectivity index is 2.39. The average molecular weight is 242 g/mol. The summed E-state index contributed by atoms with van der Waals surface area (Å²) < 4.78 is 4.72. The first kappa shape index (κ1) is 14.5. The number of hydrogen-bond acceptors (Lipinski definition) is 4. The van der Waals surface area contributed by atoms with Gasteiger partial charge in [0.1, 0.15) is 0 Å². The van der Waals surface area contributed by atoms with Gasteiger partial charge in [-0.2, -0.15) is 0 Å². The summed E-state index contributed by atoms with van der Waals surface area (Å²) in [4.78, 5) is 13.5. The van der Waals surface area contributed by atoms with Crippen molar-refractivity contribution in [2.24, 2.45) is 11.8 Å². The molecule has 0 aromatic heterocycles. The lowest BCUT2D eigenvalue weighted by molar-refractivity contribution is -0.142. The quantitative estimate of drug-likeness (QED) is 0.734. The highest BCUT2D eigenvalue weighted by atomic mass is 16.5. The highest BCUT2D eigenvalue weighted by molar-refractivity contribution is 5.71. The molecule has 0 bridgehead atoms. The Morgan fingerprint density at radius 3 is 2.76 bits per heavy atom. The first-order valence-corrected chi connectivity index (χ1v) is 6.53. The minimum Gasteiger partial charge on any atom is -0.468 e. The molecule has 2 atom stereocenters. The van der Waals surface area contributed by atoms with E-state index >= 15 is 0 Å². The zero-order valence-electron chi connectivity index (χ0n) is 11.5. The van der Waals surface area contributed by atoms with Gasteiger partial charge < -0.3 is 10.1 Å². The van der Waals surface area contributed by atoms with Crippen molar-refractivity contribution in [2.45, 2.75) is 33.2 Å². The molecule has 4 nitrogen and oxygen atoms in total. The number of rotatable bonds is 5. The van der Waals surface area contributed by atoms with Crippen molar-refractivity contribution in [3.8, 4) is 0 Å². The lowest BCUT2D eigenvalue weighted by Gasteiger charge is -2.36. The molecule has 1 aliphatic rings. The van der Waals surface area contributed by atoms with Crippen molar-refractivity contribution in [2.75, 3.05) is 33.3 Å².